The van der Waals surface area contributed by atoms with Gasteiger partial charge in [0.25, 0.3) is 0 Å². The summed E-state index contributed by atoms with van der Waals surface area (Å²) in [4.78, 5) is 23.2. The lowest BCUT2D eigenvalue weighted by Gasteiger charge is -2.26. The van der Waals surface area contributed by atoms with Crippen molar-refractivity contribution in [3.63, 3.8) is 0 Å². The monoisotopic (exact) mass is 392 g/mol. The molecule has 5 nitrogen and oxygen atoms in total. The lowest BCUT2D eigenvalue weighted by Crippen LogP contribution is -2.34. The molecule has 1 saturated carbocycles. The van der Waals surface area contributed by atoms with E-state index in [1.807, 2.05) is 35.0 Å². The average Bonchev–Trinajstić information content (AvgIpc) is 2.98. The van der Waals surface area contributed by atoms with E-state index in [4.69, 9.17) is 5.11 Å². The molecule has 1 fully saturated rings. The van der Waals surface area contributed by atoms with E-state index in [9.17, 15) is 9.59 Å². The largest absolute Gasteiger partial charge is 0.481 e. The zero-order valence-corrected chi connectivity index (χ0v) is 15.0. The third-order valence-corrected chi connectivity index (χ3v) is 5.55. The Hall–Kier alpha value is -1.82. The predicted molar refractivity (Wildman–Crippen MR) is 95.7 cm³/mol. The molecule has 0 bridgehead atoms. The minimum Gasteiger partial charge on any atom is -0.481 e. The SMILES string of the molecule is O=C(Cn1ccc2c(Br)cccc21)NCC1CCC(C(=O)O)CC1. The Morgan fingerprint density at radius 1 is 1.21 bits per heavy atom. The maximum absolute atomic E-state index is 12.2. The summed E-state index contributed by atoms with van der Waals surface area (Å²) in [6, 6.07) is 7.95. The molecule has 0 atom stereocenters. The molecule has 1 heterocycles. The van der Waals surface area contributed by atoms with Gasteiger partial charge in [0.15, 0.2) is 0 Å². The van der Waals surface area contributed by atoms with E-state index in [0.29, 0.717) is 31.8 Å². The zero-order chi connectivity index (χ0) is 17.1. The number of rotatable bonds is 5. The number of carbonyl (C=O) groups is 2. The van der Waals surface area contributed by atoms with Crippen LogP contribution >= 0.6 is 15.9 Å². The van der Waals surface area contributed by atoms with Gasteiger partial charge in [-0.15, -0.1) is 0 Å². The van der Waals surface area contributed by atoms with Crippen molar-refractivity contribution in [1.82, 2.24) is 9.88 Å². The third-order valence-electron chi connectivity index (χ3n) is 4.86. The second kappa shape index (κ2) is 7.38. The lowest BCUT2D eigenvalue weighted by atomic mass is 9.82. The molecule has 6 heteroatoms. The average molecular weight is 393 g/mol. The van der Waals surface area contributed by atoms with Crippen LogP contribution in [0.1, 0.15) is 25.7 Å². The second-order valence-electron chi connectivity index (χ2n) is 6.48. The molecule has 24 heavy (non-hydrogen) atoms. The molecule has 0 spiro atoms. The highest BCUT2D eigenvalue weighted by molar-refractivity contribution is 9.10. The van der Waals surface area contributed by atoms with Crippen LogP contribution in [0.3, 0.4) is 0 Å². The summed E-state index contributed by atoms with van der Waals surface area (Å²) in [6.07, 6.45) is 5.10. The number of nitrogens with one attached hydrogen (secondary N) is 1. The van der Waals surface area contributed by atoms with E-state index < -0.39 is 5.97 Å². The number of hydrogen-bond donors (Lipinski definition) is 2. The van der Waals surface area contributed by atoms with Crippen molar-refractivity contribution in [3.05, 3.63) is 34.9 Å². The van der Waals surface area contributed by atoms with Crippen LogP contribution in [0.4, 0.5) is 0 Å². The van der Waals surface area contributed by atoms with E-state index in [1.54, 1.807) is 0 Å². The molecule has 1 aliphatic rings. The first-order valence-corrected chi connectivity index (χ1v) is 9.06. The highest BCUT2D eigenvalue weighted by Crippen LogP contribution is 2.28. The third kappa shape index (κ3) is 3.80. The fraction of sp³-hybridized carbons (Fsp3) is 0.444. The van der Waals surface area contributed by atoms with E-state index in [-0.39, 0.29) is 11.8 Å². The second-order valence-corrected chi connectivity index (χ2v) is 7.33. The Labute approximate surface area is 149 Å². The molecule has 0 unspecified atom stereocenters. The van der Waals surface area contributed by atoms with Crippen LogP contribution < -0.4 is 5.32 Å². The van der Waals surface area contributed by atoms with Gasteiger partial charge in [-0.05, 0) is 49.8 Å². The number of hydrogen-bond acceptors (Lipinski definition) is 2. The molecule has 1 aromatic carbocycles. The first-order valence-electron chi connectivity index (χ1n) is 8.27. The fourth-order valence-corrected chi connectivity index (χ4v) is 3.89. The zero-order valence-electron chi connectivity index (χ0n) is 13.4. The molecule has 3 rings (SSSR count). The van der Waals surface area contributed by atoms with Crippen molar-refractivity contribution in [2.75, 3.05) is 6.54 Å². The van der Waals surface area contributed by atoms with Crippen molar-refractivity contribution in [3.8, 4) is 0 Å². The predicted octanol–water partition coefficient (Wildman–Crippen LogP) is 3.41. The van der Waals surface area contributed by atoms with Crippen LogP contribution in [-0.4, -0.2) is 28.1 Å². The van der Waals surface area contributed by atoms with Crippen LogP contribution in [0.2, 0.25) is 0 Å². The molecular weight excluding hydrogens is 372 g/mol. The van der Waals surface area contributed by atoms with Crippen LogP contribution in [0.25, 0.3) is 10.9 Å². The van der Waals surface area contributed by atoms with Crippen molar-refractivity contribution in [2.45, 2.75) is 32.2 Å². The maximum Gasteiger partial charge on any atom is 0.306 e. The number of carboxylic acids is 1. The van der Waals surface area contributed by atoms with Crippen molar-refractivity contribution < 1.29 is 14.7 Å². The van der Waals surface area contributed by atoms with E-state index in [1.165, 1.54) is 0 Å². The first kappa shape index (κ1) is 17.0. The Morgan fingerprint density at radius 3 is 2.67 bits per heavy atom. The number of carbonyl (C=O) groups excluding carboxylic acids is 1. The molecule has 128 valence electrons. The maximum atomic E-state index is 12.2. The summed E-state index contributed by atoms with van der Waals surface area (Å²) >= 11 is 3.52. The van der Waals surface area contributed by atoms with Crippen LogP contribution in [0.5, 0.6) is 0 Å². The van der Waals surface area contributed by atoms with Gasteiger partial charge in [-0.25, -0.2) is 0 Å². The van der Waals surface area contributed by atoms with Gasteiger partial charge < -0.3 is 15.0 Å². The number of fused-ring (bicyclic) bond motifs is 1. The molecule has 2 aromatic rings. The van der Waals surface area contributed by atoms with Crippen molar-refractivity contribution in [2.24, 2.45) is 11.8 Å². The number of halogens is 1. The molecule has 0 aliphatic heterocycles. The lowest BCUT2D eigenvalue weighted by molar-refractivity contribution is -0.143. The molecule has 1 amide bonds. The van der Waals surface area contributed by atoms with E-state index in [2.05, 4.69) is 21.2 Å². The number of aliphatic carboxylic acids is 1. The Kier molecular flexibility index (Phi) is 5.23. The standard InChI is InChI=1S/C18H21BrN2O3/c19-15-2-1-3-16-14(15)8-9-21(16)11-17(22)20-10-12-4-6-13(7-5-12)18(23)24/h1-3,8-9,12-13H,4-7,10-11H2,(H,20,22)(H,23,24). The highest BCUT2D eigenvalue weighted by atomic mass is 79.9. The van der Waals surface area contributed by atoms with Gasteiger partial charge in [0, 0.05) is 28.1 Å². The van der Waals surface area contributed by atoms with Crippen LogP contribution in [0, 0.1) is 11.8 Å². The van der Waals surface area contributed by atoms with Gasteiger partial charge in [-0.3, -0.25) is 9.59 Å². The normalized spacial score (nSPS) is 20.9. The van der Waals surface area contributed by atoms with E-state index >= 15 is 0 Å². The first-order chi connectivity index (χ1) is 11.5. The summed E-state index contributed by atoms with van der Waals surface area (Å²) < 4.78 is 2.96. The molecule has 0 saturated heterocycles. The summed E-state index contributed by atoms with van der Waals surface area (Å²) in [5, 5.41) is 13.1. The number of carboxylic acid groups (broad SMARTS) is 1. The highest BCUT2D eigenvalue weighted by Gasteiger charge is 2.25. The van der Waals surface area contributed by atoms with Crippen LogP contribution in [0.15, 0.2) is 34.9 Å². The topological polar surface area (TPSA) is 71.3 Å². The number of amides is 1. The Bertz CT molecular complexity index is 748. The summed E-state index contributed by atoms with van der Waals surface area (Å²) in [7, 11) is 0. The van der Waals surface area contributed by atoms with Gasteiger partial charge in [-0.2, -0.15) is 0 Å². The van der Waals surface area contributed by atoms with Gasteiger partial charge in [0.2, 0.25) is 5.91 Å². The minimum absolute atomic E-state index is 0.00664. The quantitative estimate of drug-likeness (QED) is 0.818. The summed E-state index contributed by atoms with van der Waals surface area (Å²) in [5.74, 6) is -0.516. The van der Waals surface area contributed by atoms with Crippen molar-refractivity contribution in [1.29, 1.82) is 0 Å². The molecule has 1 aromatic heterocycles. The van der Waals surface area contributed by atoms with Gasteiger partial charge in [-0.1, -0.05) is 22.0 Å². The molecule has 2 N–H and O–H groups in total. The molecular formula is C18H21BrN2O3. The fourth-order valence-electron chi connectivity index (χ4n) is 3.41. The van der Waals surface area contributed by atoms with Gasteiger partial charge in [0.1, 0.15) is 6.54 Å². The van der Waals surface area contributed by atoms with Gasteiger partial charge in [0.05, 0.1) is 5.92 Å². The van der Waals surface area contributed by atoms with Gasteiger partial charge >= 0.3 is 5.97 Å². The number of aromatic nitrogens is 1. The summed E-state index contributed by atoms with van der Waals surface area (Å²) in [5.41, 5.74) is 1.03. The summed E-state index contributed by atoms with van der Waals surface area (Å²) in [6.45, 7) is 0.929. The number of nitrogens with zero attached hydrogens (tertiary/aromatic N) is 1. The Balaban J connectivity index is 1.51. The minimum atomic E-state index is -0.692. The van der Waals surface area contributed by atoms with Crippen LogP contribution in [-0.2, 0) is 16.1 Å². The number of benzene rings is 1. The molecule has 1 aliphatic carbocycles. The van der Waals surface area contributed by atoms with E-state index in [0.717, 1.165) is 28.2 Å². The van der Waals surface area contributed by atoms with Crippen molar-refractivity contribution >= 4 is 38.7 Å². The molecule has 0 radical (unpaired) electrons. The Morgan fingerprint density at radius 2 is 1.96 bits per heavy atom. The smallest absolute Gasteiger partial charge is 0.306 e.